The van der Waals surface area contributed by atoms with E-state index in [1.165, 1.54) is 0 Å². The van der Waals surface area contributed by atoms with Gasteiger partial charge in [-0.05, 0) is 13.8 Å². The van der Waals surface area contributed by atoms with E-state index in [1.807, 2.05) is 4.98 Å². The van der Waals surface area contributed by atoms with Gasteiger partial charge in [-0.25, -0.2) is 15.0 Å². The lowest BCUT2D eigenvalue weighted by Gasteiger charge is -2.27. The van der Waals surface area contributed by atoms with Crippen molar-refractivity contribution in [3.05, 3.63) is 33.1 Å². The second-order valence-electron chi connectivity index (χ2n) is 8.16. The molecule has 0 spiro atoms. The first-order valence-corrected chi connectivity index (χ1v) is 13.0. The third-order valence-electron chi connectivity index (χ3n) is 5.86. The monoisotopic (exact) mass is 536 g/mol. The molecule has 1 saturated heterocycles. The lowest BCUT2D eigenvalue weighted by Crippen LogP contribution is -2.41. The maximum absolute atomic E-state index is 14.2. The quantitative estimate of drug-likeness (QED) is 0.174. The summed E-state index contributed by atoms with van der Waals surface area (Å²) in [5.41, 5.74) is -3.13. The van der Waals surface area contributed by atoms with E-state index in [1.54, 1.807) is 13.8 Å². The molecule has 2 heterocycles. The number of ether oxygens (including phenoxy) is 3. The van der Waals surface area contributed by atoms with Crippen molar-refractivity contribution in [1.29, 1.82) is 0 Å². The molecule has 5 atom stereocenters. The van der Waals surface area contributed by atoms with Crippen molar-refractivity contribution in [2.24, 2.45) is 5.41 Å². The molecular weight excluding hydrogens is 506 g/mol. The molecule has 1 aromatic heterocycles. The number of aliphatic hydroxyl groups is 1. The van der Waals surface area contributed by atoms with Crippen LogP contribution in [0, 0.1) is 5.41 Å². The van der Waals surface area contributed by atoms with E-state index in [-0.39, 0.29) is 39.1 Å². The van der Waals surface area contributed by atoms with Gasteiger partial charge in [-0.15, -0.1) is 0 Å². The average molecular weight is 536 g/mol. The number of alkyl halides is 1. The smallest absolute Gasteiger partial charge is 0.341 e. The highest BCUT2D eigenvalue weighted by Gasteiger charge is 2.79. The topological polar surface area (TPSA) is 187 Å². The number of hydrogen-bond donors (Lipinski definition) is 4. The second kappa shape index (κ2) is 11.8. The van der Waals surface area contributed by atoms with Crippen LogP contribution in [0.4, 0.5) is 4.39 Å². The Bertz CT molecular complexity index is 1080. The number of nitrogens with one attached hydrogen (secondary N) is 3. The van der Waals surface area contributed by atoms with E-state index in [9.17, 15) is 33.2 Å². The molecular formula is C20H30FN4O10P. The zero-order valence-corrected chi connectivity index (χ0v) is 20.7. The van der Waals surface area contributed by atoms with E-state index in [0.717, 1.165) is 16.8 Å². The minimum atomic E-state index is -4.00. The SMILES string of the molecule is CCOC(=O)CCNP(=O)(NCCC(=O)OCC)OC1[C@H]2O[C@@H](n3ccc(=O)[nH]c3=O)[C@H](O)[C@@]12CF. The first-order valence-electron chi connectivity index (χ1n) is 11.4. The normalized spacial score (nSPS) is 26.9. The summed E-state index contributed by atoms with van der Waals surface area (Å²) in [6.07, 6.45) is -4.28. The Morgan fingerprint density at radius 1 is 1.19 bits per heavy atom. The highest BCUT2D eigenvalue weighted by molar-refractivity contribution is 7.54. The number of esters is 2. The van der Waals surface area contributed by atoms with E-state index >= 15 is 0 Å². The van der Waals surface area contributed by atoms with Crippen LogP contribution in [0.3, 0.4) is 0 Å². The van der Waals surface area contributed by atoms with E-state index in [4.69, 9.17) is 18.7 Å². The van der Waals surface area contributed by atoms with Crippen molar-refractivity contribution in [3.63, 3.8) is 0 Å². The number of aliphatic hydroxyl groups excluding tert-OH is 1. The summed E-state index contributed by atoms with van der Waals surface area (Å²) in [5.74, 6) is -1.08. The van der Waals surface area contributed by atoms with Gasteiger partial charge in [0.15, 0.2) is 6.23 Å². The van der Waals surface area contributed by atoms with Gasteiger partial charge in [0.1, 0.15) is 25.0 Å². The van der Waals surface area contributed by atoms with Gasteiger partial charge >= 0.3 is 25.3 Å². The molecule has 14 nitrogen and oxygen atoms in total. The number of carbonyl (C=O) groups excluding carboxylic acids is 2. The van der Waals surface area contributed by atoms with Crippen LogP contribution in [-0.2, 0) is 32.9 Å². The van der Waals surface area contributed by atoms with Gasteiger partial charge < -0.3 is 19.3 Å². The molecule has 2 aliphatic rings. The van der Waals surface area contributed by atoms with Gasteiger partial charge in [0, 0.05) is 25.4 Å². The van der Waals surface area contributed by atoms with Crippen molar-refractivity contribution < 1.29 is 42.4 Å². The summed E-state index contributed by atoms with van der Waals surface area (Å²) in [6.45, 7) is 2.24. The molecule has 4 N–H and O–H groups in total. The van der Waals surface area contributed by atoms with E-state index in [0.29, 0.717) is 0 Å². The third kappa shape index (κ3) is 5.93. The molecule has 1 aliphatic heterocycles. The zero-order chi connectivity index (χ0) is 26.5. The minimum absolute atomic E-state index is 0.124. The Hall–Kier alpha value is -2.42. The number of fused-ring (bicyclic) bond motifs is 1. The van der Waals surface area contributed by atoms with Crippen molar-refractivity contribution in [2.75, 3.05) is 33.0 Å². The number of H-pyrrole nitrogens is 1. The van der Waals surface area contributed by atoms with Crippen molar-refractivity contribution in [2.45, 2.75) is 51.2 Å². The Morgan fingerprint density at radius 2 is 1.78 bits per heavy atom. The van der Waals surface area contributed by atoms with Crippen LogP contribution >= 0.6 is 7.67 Å². The molecule has 3 rings (SSSR count). The molecule has 0 amide bonds. The number of rotatable bonds is 14. The standard InChI is InChI=1S/C20H30FN4O10P/c1-3-32-13(27)5-8-22-36(31,23-9-6-14(28)33-4-2)35-17-16-20(17,11-21)15(29)18(34-16)25-10-7-12(26)24-19(25)30/h7,10,15-18,29H,3-6,8-9,11H2,1-2H3,(H2,22,23,31)(H,24,26,30)/t15-,16+,17?,18+,20+/m0/s1. The molecule has 202 valence electrons. The predicted octanol–water partition coefficient (Wildman–Crippen LogP) is -0.657. The Labute approximate surface area is 205 Å². The average Bonchev–Trinajstić information content (AvgIpc) is 3.30. The second-order valence-corrected chi connectivity index (χ2v) is 10.1. The van der Waals surface area contributed by atoms with E-state index in [2.05, 4.69) is 10.2 Å². The molecule has 2 fully saturated rings. The van der Waals surface area contributed by atoms with Crippen LogP contribution in [0.2, 0.25) is 0 Å². The number of halogens is 1. The van der Waals surface area contributed by atoms with Gasteiger partial charge in [-0.3, -0.25) is 37.4 Å². The van der Waals surface area contributed by atoms with Crippen LogP contribution in [-0.4, -0.2) is 77.9 Å². The van der Waals surface area contributed by atoms with Gasteiger partial charge in [-0.1, -0.05) is 0 Å². The van der Waals surface area contributed by atoms with Crippen LogP contribution in [0.5, 0.6) is 0 Å². The van der Waals surface area contributed by atoms with Crippen molar-refractivity contribution in [1.82, 2.24) is 19.7 Å². The van der Waals surface area contributed by atoms with Gasteiger partial charge in [0.2, 0.25) is 0 Å². The first-order chi connectivity index (χ1) is 17.1. The number of aromatic amines is 1. The summed E-state index contributed by atoms with van der Waals surface area (Å²) in [6, 6.07) is 1.05. The summed E-state index contributed by atoms with van der Waals surface area (Å²) in [5, 5.41) is 16.0. The first kappa shape index (κ1) is 28.2. The predicted molar refractivity (Wildman–Crippen MR) is 121 cm³/mol. The maximum Gasteiger partial charge on any atom is 0.341 e. The van der Waals surface area contributed by atoms with Gasteiger partial charge in [0.05, 0.1) is 31.5 Å². The van der Waals surface area contributed by atoms with Crippen LogP contribution in [0.15, 0.2) is 21.9 Å². The molecule has 0 radical (unpaired) electrons. The number of aromatic nitrogens is 2. The molecule has 16 heteroatoms. The van der Waals surface area contributed by atoms with E-state index < -0.39 is 67.5 Å². The number of nitrogens with zero attached hydrogens (tertiary/aromatic N) is 1. The molecule has 0 aromatic carbocycles. The third-order valence-corrected chi connectivity index (χ3v) is 7.66. The summed E-state index contributed by atoms with van der Waals surface area (Å²) >= 11 is 0. The molecule has 1 aliphatic carbocycles. The van der Waals surface area contributed by atoms with Crippen molar-refractivity contribution >= 4 is 19.6 Å². The maximum atomic E-state index is 14.2. The lowest BCUT2D eigenvalue weighted by molar-refractivity contribution is -0.143. The summed E-state index contributed by atoms with van der Waals surface area (Å²) in [7, 11) is -4.00. The fraction of sp³-hybridized carbons (Fsp3) is 0.700. The zero-order valence-electron chi connectivity index (χ0n) is 19.8. The number of carbonyl (C=O) groups is 2. The molecule has 1 aromatic rings. The Kier molecular flexibility index (Phi) is 9.19. The molecule has 0 bridgehead atoms. The lowest BCUT2D eigenvalue weighted by atomic mass is 10.0. The van der Waals surface area contributed by atoms with Crippen molar-refractivity contribution in [3.8, 4) is 0 Å². The Morgan fingerprint density at radius 3 is 2.25 bits per heavy atom. The largest absolute Gasteiger partial charge is 0.466 e. The molecule has 1 saturated carbocycles. The molecule has 36 heavy (non-hydrogen) atoms. The Balaban J connectivity index is 1.71. The van der Waals surface area contributed by atoms with Crippen LogP contribution in [0.25, 0.3) is 0 Å². The number of hydrogen-bond acceptors (Lipinski definition) is 10. The van der Waals surface area contributed by atoms with Crippen LogP contribution < -0.4 is 21.4 Å². The minimum Gasteiger partial charge on any atom is -0.466 e. The fourth-order valence-electron chi connectivity index (χ4n) is 4.01. The fourth-order valence-corrected chi connectivity index (χ4v) is 5.71. The highest BCUT2D eigenvalue weighted by Crippen LogP contribution is 2.65. The van der Waals surface area contributed by atoms with Gasteiger partial charge in [-0.2, -0.15) is 0 Å². The van der Waals surface area contributed by atoms with Crippen LogP contribution in [0.1, 0.15) is 32.9 Å². The van der Waals surface area contributed by atoms with Gasteiger partial charge in [0.25, 0.3) is 5.56 Å². The molecule has 1 unspecified atom stereocenters. The summed E-state index contributed by atoms with van der Waals surface area (Å²) < 4.78 is 49.6. The summed E-state index contributed by atoms with van der Waals surface area (Å²) in [4.78, 5) is 48.7. The highest BCUT2D eigenvalue weighted by atomic mass is 31.2.